The number of amides is 1. The van der Waals surface area contributed by atoms with Crippen LogP contribution in [0.2, 0.25) is 0 Å². The number of hydrogen-bond acceptors (Lipinski definition) is 3. The van der Waals surface area contributed by atoms with E-state index in [1.165, 1.54) is 25.7 Å². The molecule has 20 heavy (non-hydrogen) atoms. The van der Waals surface area contributed by atoms with E-state index in [-0.39, 0.29) is 5.54 Å². The van der Waals surface area contributed by atoms with Crippen molar-refractivity contribution in [2.24, 2.45) is 5.92 Å². The fourth-order valence-corrected chi connectivity index (χ4v) is 2.88. The molecule has 1 saturated heterocycles. The molecule has 1 aliphatic carbocycles. The summed E-state index contributed by atoms with van der Waals surface area (Å²) in [6.45, 7) is 10.4. The lowest BCUT2D eigenvalue weighted by atomic mass is 9.96. The highest BCUT2D eigenvalue weighted by Crippen LogP contribution is 2.25. The number of rotatable bonds is 5. The number of nitrogens with zero attached hydrogens (tertiary/aromatic N) is 2. The Morgan fingerprint density at radius 3 is 2.60 bits per heavy atom. The first-order valence-corrected chi connectivity index (χ1v) is 8.08. The number of likely N-dealkylation sites (tertiary alicyclic amines) is 1. The van der Waals surface area contributed by atoms with Gasteiger partial charge in [-0.25, -0.2) is 0 Å². The summed E-state index contributed by atoms with van der Waals surface area (Å²) in [4.78, 5) is 16.5. The third kappa shape index (κ3) is 5.06. The van der Waals surface area contributed by atoms with E-state index in [0.29, 0.717) is 24.4 Å². The zero-order valence-electron chi connectivity index (χ0n) is 13.6. The van der Waals surface area contributed by atoms with Gasteiger partial charge in [0, 0.05) is 25.2 Å². The molecule has 116 valence electrons. The Kier molecular flexibility index (Phi) is 5.08. The van der Waals surface area contributed by atoms with E-state index in [1.807, 2.05) is 11.9 Å². The minimum atomic E-state index is 0.185. The number of nitrogens with one attached hydrogen (secondary N) is 1. The summed E-state index contributed by atoms with van der Waals surface area (Å²) in [7, 11) is 1.96. The Morgan fingerprint density at radius 2 is 2.00 bits per heavy atom. The first-order chi connectivity index (χ1) is 9.35. The summed E-state index contributed by atoms with van der Waals surface area (Å²) in [5, 5.41) is 3.59. The van der Waals surface area contributed by atoms with Crippen molar-refractivity contribution < 1.29 is 4.79 Å². The minimum absolute atomic E-state index is 0.185. The van der Waals surface area contributed by atoms with Crippen LogP contribution in [0.25, 0.3) is 0 Å². The molecule has 4 heteroatoms. The topological polar surface area (TPSA) is 35.6 Å². The quantitative estimate of drug-likeness (QED) is 0.833. The normalized spacial score (nSPS) is 24.7. The third-order valence-corrected chi connectivity index (χ3v) is 4.37. The average Bonchev–Trinajstić information content (AvgIpc) is 3.19. The van der Waals surface area contributed by atoms with Gasteiger partial charge in [-0.15, -0.1) is 0 Å². The van der Waals surface area contributed by atoms with Gasteiger partial charge in [0.25, 0.3) is 0 Å². The van der Waals surface area contributed by atoms with Gasteiger partial charge in [0.15, 0.2) is 0 Å². The monoisotopic (exact) mass is 281 g/mol. The Morgan fingerprint density at radius 1 is 1.30 bits per heavy atom. The molecule has 4 nitrogen and oxygen atoms in total. The van der Waals surface area contributed by atoms with Crippen molar-refractivity contribution in [3.63, 3.8) is 0 Å². The SMILES string of the molecule is CN(C(=O)CN1CCCC(CNC(C)(C)C)C1)C1CC1. The molecule has 1 heterocycles. The highest BCUT2D eigenvalue weighted by Gasteiger charge is 2.31. The van der Waals surface area contributed by atoms with Gasteiger partial charge >= 0.3 is 0 Å². The molecule has 0 aromatic rings. The van der Waals surface area contributed by atoms with E-state index in [2.05, 4.69) is 31.0 Å². The summed E-state index contributed by atoms with van der Waals surface area (Å²) in [6, 6.07) is 0.533. The molecule has 1 atom stereocenters. The molecule has 1 saturated carbocycles. The first-order valence-electron chi connectivity index (χ1n) is 8.08. The van der Waals surface area contributed by atoms with Crippen LogP contribution in [0.4, 0.5) is 0 Å². The van der Waals surface area contributed by atoms with Gasteiger partial charge in [-0.05, 0) is 65.5 Å². The smallest absolute Gasteiger partial charge is 0.236 e. The number of carbonyl (C=O) groups is 1. The van der Waals surface area contributed by atoms with Crippen LogP contribution in [0.5, 0.6) is 0 Å². The van der Waals surface area contributed by atoms with Crippen LogP contribution in [0.1, 0.15) is 46.5 Å². The average molecular weight is 281 g/mol. The Balaban J connectivity index is 1.73. The second-order valence-electron chi connectivity index (χ2n) is 7.61. The summed E-state index contributed by atoms with van der Waals surface area (Å²) in [5.74, 6) is 0.985. The molecule has 2 aliphatic rings. The highest BCUT2D eigenvalue weighted by atomic mass is 16.2. The predicted octanol–water partition coefficient (Wildman–Crippen LogP) is 1.71. The number of hydrogen-bond donors (Lipinski definition) is 1. The zero-order valence-corrected chi connectivity index (χ0v) is 13.6. The highest BCUT2D eigenvalue weighted by molar-refractivity contribution is 5.78. The lowest BCUT2D eigenvalue weighted by molar-refractivity contribution is -0.132. The summed E-state index contributed by atoms with van der Waals surface area (Å²) in [6.07, 6.45) is 4.89. The van der Waals surface area contributed by atoms with Gasteiger partial charge in [-0.3, -0.25) is 9.69 Å². The van der Waals surface area contributed by atoms with Gasteiger partial charge in [0.2, 0.25) is 5.91 Å². The molecule has 1 unspecified atom stereocenters. The van der Waals surface area contributed by atoms with E-state index in [9.17, 15) is 4.79 Å². The van der Waals surface area contributed by atoms with Gasteiger partial charge in [0.1, 0.15) is 0 Å². The maximum Gasteiger partial charge on any atom is 0.236 e. The molecule has 0 spiro atoms. The van der Waals surface area contributed by atoms with Crippen LogP contribution < -0.4 is 5.32 Å². The van der Waals surface area contributed by atoms with Crippen LogP contribution in [0.3, 0.4) is 0 Å². The van der Waals surface area contributed by atoms with E-state index in [1.54, 1.807) is 0 Å². The van der Waals surface area contributed by atoms with Crippen LogP contribution in [0, 0.1) is 5.92 Å². The van der Waals surface area contributed by atoms with E-state index in [4.69, 9.17) is 0 Å². The lowest BCUT2D eigenvalue weighted by Gasteiger charge is -2.35. The third-order valence-electron chi connectivity index (χ3n) is 4.37. The van der Waals surface area contributed by atoms with Crippen molar-refractivity contribution in [2.75, 3.05) is 33.2 Å². The molecule has 2 fully saturated rings. The zero-order chi connectivity index (χ0) is 14.8. The maximum absolute atomic E-state index is 12.2. The predicted molar refractivity (Wildman–Crippen MR) is 82.7 cm³/mol. The summed E-state index contributed by atoms with van der Waals surface area (Å²) < 4.78 is 0. The first kappa shape index (κ1) is 15.8. The molecule has 2 rings (SSSR count). The number of likely N-dealkylation sites (N-methyl/N-ethyl adjacent to an activating group) is 1. The van der Waals surface area contributed by atoms with Crippen molar-refractivity contribution in [3.8, 4) is 0 Å². The largest absolute Gasteiger partial charge is 0.342 e. The fraction of sp³-hybridized carbons (Fsp3) is 0.938. The molecule has 0 aromatic carbocycles. The Labute approximate surface area is 123 Å². The molecule has 1 amide bonds. The summed E-state index contributed by atoms with van der Waals surface area (Å²) in [5.41, 5.74) is 0.185. The van der Waals surface area contributed by atoms with Crippen LogP contribution in [-0.4, -0.2) is 60.5 Å². The van der Waals surface area contributed by atoms with Gasteiger partial charge < -0.3 is 10.2 Å². The maximum atomic E-state index is 12.2. The second-order valence-corrected chi connectivity index (χ2v) is 7.61. The van der Waals surface area contributed by atoms with Crippen LogP contribution in [0.15, 0.2) is 0 Å². The van der Waals surface area contributed by atoms with E-state index < -0.39 is 0 Å². The van der Waals surface area contributed by atoms with Crippen molar-refractivity contribution >= 4 is 5.91 Å². The van der Waals surface area contributed by atoms with Crippen LogP contribution in [-0.2, 0) is 4.79 Å². The van der Waals surface area contributed by atoms with Crippen molar-refractivity contribution in [1.29, 1.82) is 0 Å². The van der Waals surface area contributed by atoms with Crippen molar-refractivity contribution in [2.45, 2.75) is 58.0 Å². The minimum Gasteiger partial charge on any atom is -0.342 e. The lowest BCUT2D eigenvalue weighted by Crippen LogP contribution is -2.47. The van der Waals surface area contributed by atoms with Gasteiger partial charge in [-0.2, -0.15) is 0 Å². The molecule has 0 aromatic heterocycles. The van der Waals surface area contributed by atoms with E-state index >= 15 is 0 Å². The van der Waals surface area contributed by atoms with Crippen molar-refractivity contribution in [3.05, 3.63) is 0 Å². The van der Waals surface area contributed by atoms with Crippen molar-refractivity contribution in [1.82, 2.24) is 15.1 Å². The second kappa shape index (κ2) is 6.44. The Hall–Kier alpha value is -0.610. The molecule has 0 radical (unpaired) electrons. The molecular formula is C16H31N3O. The molecule has 1 N–H and O–H groups in total. The fourth-order valence-electron chi connectivity index (χ4n) is 2.88. The Bertz CT molecular complexity index is 333. The molecular weight excluding hydrogens is 250 g/mol. The van der Waals surface area contributed by atoms with Crippen LogP contribution >= 0.6 is 0 Å². The van der Waals surface area contributed by atoms with Gasteiger partial charge in [0.05, 0.1) is 6.54 Å². The molecule has 0 bridgehead atoms. The van der Waals surface area contributed by atoms with E-state index in [0.717, 1.165) is 19.6 Å². The summed E-state index contributed by atoms with van der Waals surface area (Å²) >= 11 is 0. The number of carbonyl (C=O) groups excluding carboxylic acids is 1. The number of piperidine rings is 1. The molecule has 1 aliphatic heterocycles. The standard InChI is InChI=1S/C16H31N3O/c1-16(2,3)17-10-13-6-5-9-19(11-13)12-15(20)18(4)14-7-8-14/h13-14,17H,5-12H2,1-4H3. The van der Waals surface area contributed by atoms with Gasteiger partial charge in [-0.1, -0.05) is 0 Å².